The molecule has 6 heteroatoms. The van der Waals surface area contributed by atoms with E-state index in [9.17, 15) is 13.2 Å². The average Bonchev–Trinajstić information content (AvgIpc) is 1.88. The molecule has 0 spiro atoms. The van der Waals surface area contributed by atoms with Crippen molar-refractivity contribution in [3.8, 4) is 0 Å². The van der Waals surface area contributed by atoms with Gasteiger partial charge in [0.15, 0.2) is 0 Å². The number of nitrogens with two attached hydrogens (primary N) is 1. The van der Waals surface area contributed by atoms with Gasteiger partial charge >= 0.3 is 6.11 Å². The second kappa shape index (κ2) is 4.95. The summed E-state index contributed by atoms with van der Waals surface area (Å²) in [6.07, 6.45) is -3.47. The lowest BCUT2D eigenvalue weighted by molar-refractivity contribution is -0.253. The molecule has 0 aromatic carbocycles. The molecule has 2 N–H and O–H groups in total. The highest BCUT2D eigenvalue weighted by Crippen LogP contribution is 2.27. The Hall–Kier alpha value is 0.190. The van der Waals surface area contributed by atoms with Crippen LogP contribution in [0.25, 0.3) is 0 Å². The van der Waals surface area contributed by atoms with Crippen LogP contribution in [0.2, 0.25) is 0 Å². The molecule has 0 aromatic rings. The third kappa shape index (κ3) is 4.60. The molecule has 0 saturated carbocycles. The highest BCUT2D eigenvalue weighted by atomic mass is 79.9. The normalized spacial score (nSPS) is 15.0. The Morgan fingerprint density at radius 2 is 2.09 bits per heavy atom. The third-order valence-electron chi connectivity index (χ3n) is 0.897. The fourth-order valence-corrected chi connectivity index (χ4v) is 0.487. The maximum atomic E-state index is 12.2. The van der Waals surface area contributed by atoms with E-state index >= 15 is 0 Å². The highest BCUT2D eigenvalue weighted by molar-refractivity contribution is 9.09. The fraction of sp³-hybridized carbons (Fsp3) is 1.00. The molecule has 11 heavy (non-hydrogen) atoms. The van der Waals surface area contributed by atoms with Gasteiger partial charge in [-0.2, -0.15) is 8.78 Å². The minimum atomic E-state index is -3.75. The average molecular weight is 236 g/mol. The van der Waals surface area contributed by atoms with Crippen molar-refractivity contribution in [2.24, 2.45) is 5.73 Å². The van der Waals surface area contributed by atoms with E-state index in [4.69, 9.17) is 5.73 Å². The van der Waals surface area contributed by atoms with Crippen LogP contribution >= 0.6 is 15.9 Å². The number of ether oxygens (including phenoxy) is 1. The van der Waals surface area contributed by atoms with E-state index in [0.717, 1.165) is 0 Å². The maximum absolute atomic E-state index is 12.2. The summed E-state index contributed by atoms with van der Waals surface area (Å²) in [5.41, 5.74) is 5.00. The SMILES string of the molecule is NCCCOC(F)(F)C(F)Br. The van der Waals surface area contributed by atoms with Crippen molar-refractivity contribution < 1.29 is 17.9 Å². The fourth-order valence-electron chi connectivity index (χ4n) is 0.355. The van der Waals surface area contributed by atoms with Crippen LogP contribution < -0.4 is 5.73 Å². The van der Waals surface area contributed by atoms with Gasteiger partial charge in [0.25, 0.3) is 0 Å². The Bertz CT molecular complexity index is 112. The van der Waals surface area contributed by atoms with Crippen molar-refractivity contribution in [1.82, 2.24) is 0 Å². The summed E-state index contributed by atoms with van der Waals surface area (Å²) in [6.45, 7) is 0.00480. The van der Waals surface area contributed by atoms with Gasteiger partial charge in [-0.25, -0.2) is 4.39 Å². The van der Waals surface area contributed by atoms with Crippen molar-refractivity contribution in [3.63, 3.8) is 0 Å². The van der Waals surface area contributed by atoms with Crippen molar-refractivity contribution >= 4 is 15.9 Å². The molecule has 1 unspecified atom stereocenters. The molecule has 0 heterocycles. The number of hydrogen-bond acceptors (Lipinski definition) is 2. The zero-order chi connectivity index (χ0) is 8.91. The van der Waals surface area contributed by atoms with E-state index in [2.05, 4.69) is 20.7 Å². The quantitative estimate of drug-likeness (QED) is 0.581. The Morgan fingerprint density at radius 3 is 2.45 bits per heavy atom. The molecule has 0 saturated heterocycles. The van der Waals surface area contributed by atoms with Crippen LogP contribution in [-0.4, -0.2) is 24.3 Å². The second-order valence-corrected chi connectivity index (χ2v) is 2.66. The lowest BCUT2D eigenvalue weighted by Gasteiger charge is -2.16. The summed E-state index contributed by atoms with van der Waals surface area (Å²) in [6, 6.07) is 0. The number of alkyl halides is 4. The van der Waals surface area contributed by atoms with Crippen molar-refractivity contribution in [2.75, 3.05) is 13.2 Å². The number of rotatable bonds is 5. The van der Waals surface area contributed by atoms with Gasteiger partial charge in [-0.15, -0.1) is 0 Å². The molecule has 1 atom stereocenters. The summed E-state index contributed by atoms with van der Waals surface area (Å²) in [7, 11) is 0. The number of halogens is 4. The van der Waals surface area contributed by atoms with E-state index in [1.807, 2.05) is 0 Å². The van der Waals surface area contributed by atoms with Gasteiger partial charge in [0.2, 0.25) is 5.08 Å². The van der Waals surface area contributed by atoms with Crippen LogP contribution in [0, 0.1) is 0 Å². The Balaban J connectivity index is 3.55. The maximum Gasteiger partial charge on any atom is 0.396 e. The molecule has 0 aromatic heterocycles. The second-order valence-electron chi connectivity index (χ2n) is 1.85. The first-order chi connectivity index (χ1) is 5.00. The van der Waals surface area contributed by atoms with Crippen LogP contribution in [0.5, 0.6) is 0 Å². The van der Waals surface area contributed by atoms with Gasteiger partial charge in [0.1, 0.15) is 0 Å². The van der Waals surface area contributed by atoms with Gasteiger partial charge in [0.05, 0.1) is 6.61 Å². The standard InChI is InChI=1S/C5H9BrF3NO/c6-4(7)5(8,9)11-3-1-2-10/h4H,1-3,10H2. The molecule has 0 bridgehead atoms. The molecule has 68 valence electrons. The summed E-state index contributed by atoms with van der Waals surface area (Å²) in [4.78, 5) is 0. The predicted molar refractivity (Wildman–Crippen MR) is 38.4 cm³/mol. The molecular weight excluding hydrogens is 227 g/mol. The van der Waals surface area contributed by atoms with Crippen molar-refractivity contribution in [2.45, 2.75) is 17.6 Å². The molecule has 0 amide bonds. The zero-order valence-corrected chi connectivity index (χ0v) is 7.28. The molecule has 0 fully saturated rings. The Morgan fingerprint density at radius 1 is 1.55 bits per heavy atom. The summed E-state index contributed by atoms with van der Waals surface area (Å²) in [5, 5.41) is -2.47. The van der Waals surface area contributed by atoms with Crippen LogP contribution in [0.4, 0.5) is 13.2 Å². The van der Waals surface area contributed by atoms with Crippen LogP contribution in [0.15, 0.2) is 0 Å². The van der Waals surface area contributed by atoms with E-state index < -0.39 is 11.2 Å². The molecular formula is C5H9BrF3NO. The predicted octanol–water partition coefficient (Wildman–Crippen LogP) is 1.64. The highest BCUT2D eigenvalue weighted by Gasteiger charge is 2.39. The van der Waals surface area contributed by atoms with E-state index in [1.54, 1.807) is 0 Å². The lowest BCUT2D eigenvalue weighted by atomic mass is 10.5. The molecule has 0 aliphatic carbocycles. The first-order valence-electron chi connectivity index (χ1n) is 3.00. The lowest BCUT2D eigenvalue weighted by Crippen LogP contribution is -2.29. The van der Waals surface area contributed by atoms with Crippen molar-refractivity contribution in [3.05, 3.63) is 0 Å². The van der Waals surface area contributed by atoms with Crippen molar-refractivity contribution in [1.29, 1.82) is 0 Å². The first-order valence-corrected chi connectivity index (χ1v) is 3.92. The third-order valence-corrected chi connectivity index (χ3v) is 1.43. The smallest absolute Gasteiger partial charge is 0.330 e. The molecule has 0 radical (unpaired) electrons. The zero-order valence-electron chi connectivity index (χ0n) is 5.70. The van der Waals surface area contributed by atoms with Gasteiger partial charge in [-0.3, -0.25) is 0 Å². The van der Waals surface area contributed by atoms with Crippen LogP contribution in [0.3, 0.4) is 0 Å². The summed E-state index contributed by atoms with van der Waals surface area (Å²) >= 11 is 2.08. The monoisotopic (exact) mass is 235 g/mol. The van der Waals surface area contributed by atoms with Gasteiger partial charge in [-0.1, -0.05) is 0 Å². The minimum absolute atomic E-state index is 0.241. The largest absolute Gasteiger partial charge is 0.396 e. The number of hydrogen-bond donors (Lipinski definition) is 1. The Labute approximate surface area is 71.0 Å². The van der Waals surface area contributed by atoms with Crippen LogP contribution in [-0.2, 0) is 4.74 Å². The Kier molecular flexibility index (Phi) is 5.03. The van der Waals surface area contributed by atoms with E-state index in [0.29, 0.717) is 0 Å². The molecule has 2 nitrogen and oxygen atoms in total. The van der Waals surface area contributed by atoms with Gasteiger partial charge in [-0.05, 0) is 28.9 Å². The topological polar surface area (TPSA) is 35.2 Å². The molecule has 0 aliphatic heterocycles. The van der Waals surface area contributed by atoms with E-state index in [1.165, 1.54) is 0 Å². The minimum Gasteiger partial charge on any atom is -0.330 e. The molecule has 0 aliphatic rings. The first kappa shape index (κ1) is 11.2. The van der Waals surface area contributed by atoms with Crippen LogP contribution in [0.1, 0.15) is 6.42 Å². The summed E-state index contributed by atoms with van der Waals surface area (Å²) < 4.78 is 40.2. The van der Waals surface area contributed by atoms with Gasteiger partial charge < -0.3 is 10.5 Å². The van der Waals surface area contributed by atoms with E-state index in [-0.39, 0.29) is 19.6 Å². The molecule has 0 rings (SSSR count). The van der Waals surface area contributed by atoms with Gasteiger partial charge in [0, 0.05) is 0 Å². The summed E-state index contributed by atoms with van der Waals surface area (Å²) in [5.74, 6) is 0.